The van der Waals surface area contributed by atoms with Crippen LogP contribution in [-0.4, -0.2) is 34.8 Å². The molecule has 0 aliphatic carbocycles. The van der Waals surface area contributed by atoms with Crippen LogP contribution < -0.4 is 10.6 Å². The fourth-order valence-corrected chi connectivity index (χ4v) is 1.64. The summed E-state index contributed by atoms with van der Waals surface area (Å²) < 4.78 is 38.0. The molecule has 1 aromatic rings. The zero-order valence-electron chi connectivity index (χ0n) is 11.6. The Balaban J connectivity index is 2.79. The molecule has 114 valence electrons. The van der Waals surface area contributed by atoms with Gasteiger partial charge in [-0.2, -0.15) is 18.2 Å². The van der Waals surface area contributed by atoms with Gasteiger partial charge in [0.05, 0.1) is 6.10 Å². The Bertz CT molecular complexity index is 437. The van der Waals surface area contributed by atoms with Crippen LogP contribution in [0, 0.1) is 5.92 Å². The van der Waals surface area contributed by atoms with Gasteiger partial charge in [-0.3, -0.25) is 0 Å². The second kappa shape index (κ2) is 6.74. The Morgan fingerprint density at radius 2 is 1.95 bits per heavy atom. The van der Waals surface area contributed by atoms with Crippen LogP contribution in [-0.2, 0) is 6.18 Å². The largest absolute Gasteiger partial charge is 0.433 e. The van der Waals surface area contributed by atoms with Gasteiger partial charge in [-0.25, -0.2) is 4.98 Å². The van der Waals surface area contributed by atoms with E-state index in [1.165, 1.54) is 7.05 Å². The standard InChI is InChI=1S/C12H19F3N4O/c1-7(2)4-8(20)6-17-10-5-9(12(13,14)15)18-11(16-3)19-10/h5,7-8,20H,4,6H2,1-3H3,(H2,16,17,18,19). The van der Waals surface area contributed by atoms with Crippen molar-refractivity contribution in [3.05, 3.63) is 11.8 Å². The van der Waals surface area contributed by atoms with Gasteiger partial charge in [0.15, 0.2) is 5.69 Å². The van der Waals surface area contributed by atoms with Gasteiger partial charge >= 0.3 is 6.18 Å². The zero-order chi connectivity index (χ0) is 15.3. The first-order valence-electron chi connectivity index (χ1n) is 6.28. The molecule has 20 heavy (non-hydrogen) atoms. The molecule has 0 saturated heterocycles. The number of aliphatic hydroxyl groups is 1. The summed E-state index contributed by atoms with van der Waals surface area (Å²) >= 11 is 0. The van der Waals surface area contributed by atoms with E-state index in [4.69, 9.17) is 0 Å². The molecule has 0 bridgehead atoms. The molecule has 0 amide bonds. The number of aliphatic hydroxyl groups excluding tert-OH is 1. The molecular formula is C12H19F3N4O. The summed E-state index contributed by atoms with van der Waals surface area (Å²) in [6, 6.07) is 0.822. The van der Waals surface area contributed by atoms with Crippen molar-refractivity contribution in [3.63, 3.8) is 0 Å². The van der Waals surface area contributed by atoms with Crippen LogP contribution in [0.1, 0.15) is 26.0 Å². The number of anilines is 2. The highest BCUT2D eigenvalue weighted by molar-refractivity contribution is 5.42. The van der Waals surface area contributed by atoms with Gasteiger partial charge in [0.1, 0.15) is 5.82 Å². The van der Waals surface area contributed by atoms with Gasteiger partial charge in [0, 0.05) is 19.7 Å². The predicted octanol–water partition coefficient (Wildman–Crippen LogP) is 2.36. The van der Waals surface area contributed by atoms with E-state index in [0.717, 1.165) is 6.07 Å². The fourth-order valence-electron chi connectivity index (χ4n) is 1.64. The minimum absolute atomic E-state index is 0.0273. The predicted molar refractivity (Wildman–Crippen MR) is 70.5 cm³/mol. The minimum Gasteiger partial charge on any atom is -0.391 e. The molecule has 0 saturated carbocycles. The van der Waals surface area contributed by atoms with Crippen molar-refractivity contribution in [1.29, 1.82) is 0 Å². The third-order valence-corrected chi connectivity index (χ3v) is 2.50. The Morgan fingerprint density at radius 1 is 1.30 bits per heavy atom. The number of nitrogens with one attached hydrogen (secondary N) is 2. The molecule has 1 unspecified atom stereocenters. The number of aromatic nitrogens is 2. The molecule has 1 aromatic heterocycles. The van der Waals surface area contributed by atoms with Crippen molar-refractivity contribution in [1.82, 2.24) is 9.97 Å². The molecule has 0 radical (unpaired) electrons. The topological polar surface area (TPSA) is 70.1 Å². The third-order valence-electron chi connectivity index (χ3n) is 2.50. The van der Waals surface area contributed by atoms with E-state index in [1.807, 2.05) is 13.8 Å². The number of hydrogen-bond acceptors (Lipinski definition) is 5. The van der Waals surface area contributed by atoms with Crippen LogP contribution in [0.25, 0.3) is 0 Å². The van der Waals surface area contributed by atoms with Crippen molar-refractivity contribution in [3.8, 4) is 0 Å². The van der Waals surface area contributed by atoms with E-state index in [0.29, 0.717) is 12.3 Å². The van der Waals surface area contributed by atoms with Gasteiger partial charge in [-0.15, -0.1) is 0 Å². The maximum atomic E-state index is 12.7. The van der Waals surface area contributed by atoms with Gasteiger partial charge in [0.25, 0.3) is 0 Å². The van der Waals surface area contributed by atoms with Crippen LogP contribution in [0.2, 0.25) is 0 Å². The van der Waals surface area contributed by atoms with Crippen molar-refractivity contribution in [2.24, 2.45) is 5.92 Å². The lowest BCUT2D eigenvalue weighted by Gasteiger charge is -2.15. The Kier molecular flexibility index (Phi) is 5.55. The van der Waals surface area contributed by atoms with Gasteiger partial charge in [-0.1, -0.05) is 13.8 Å². The van der Waals surface area contributed by atoms with E-state index < -0.39 is 18.0 Å². The summed E-state index contributed by atoms with van der Waals surface area (Å²) in [6.45, 7) is 4.04. The summed E-state index contributed by atoms with van der Waals surface area (Å²) in [5.41, 5.74) is -1.03. The average molecular weight is 292 g/mol. The van der Waals surface area contributed by atoms with Crippen molar-refractivity contribution in [2.45, 2.75) is 32.5 Å². The van der Waals surface area contributed by atoms with Gasteiger partial charge in [0.2, 0.25) is 5.95 Å². The summed E-state index contributed by atoms with van der Waals surface area (Å²) in [6.07, 6.45) is -4.62. The smallest absolute Gasteiger partial charge is 0.391 e. The normalized spacial score (nSPS) is 13.4. The van der Waals surface area contributed by atoms with Gasteiger partial charge < -0.3 is 15.7 Å². The Morgan fingerprint density at radius 3 is 2.45 bits per heavy atom. The van der Waals surface area contributed by atoms with Crippen molar-refractivity contribution >= 4 is 11.8 Å². The number of nitrogens with zero attached hydrogens (tertiary/aromatic N) is 2. The number of halogens is 3. The lowest BCUT2D eigenvalue weighted by atomic mass is 10.1. The summed E-state index contributed by atoms with van der Waals surface area (Å²) in [5.74, 6) is 0.205. The molecule has 0 aromatic carbocycles. The minimum atomic E-state index is -4.54. The molecule has 1 heterocycles. The van der Waals surface area contributed by atoms with E-state index in [9.17, 15) is 18.3 Å². The summed E-state index contributed by atoms with van der Waals surface area (Å²) in [5, 5.41) is 14.9. The molecule has 5 nitrogen and oxygen atoms in total. The molecule has 0 aliphatic rings. The first kappa shape index (κ1) is 16.5. The SMILES string of the molecule is CNc1nc(NCC(O)CC(C)C)cc(C(F)(F)F)n1. The fraction of sp³-hybridized carbons (Fsp3) is 0.667. The maximum Gasteiger partial charge on any atom is 0.433 e. The number of alkyl halides is 3. The van der Waals surface area contributed by atoms with E-state index in [1.54, 1.807) is 0 Å². The van der Waals surface area contributed by atoms with E-state index in [-0.39, 0.29) is 18.3 Å². The molecule has 1 atom stereocenters. The Hall–Kier alpha value is -1.57. The van der Waals surface area contributed by atoms with Crippen molar-refractivity contribution in [2.75, 3.05) is 24.2 Å². The second-order valence-electron chi connectivity index (χ2n) is 4.87. The van der Waals surface area contributed by atoms with E-state index >= 15 is 0 Å². The second-order valence-corrected chi connectivity index (χ2v) is 4.87. The zero-order valence-corrected chi connectivity index (χ0v) is 11.6. The first-order chi connectivity index (χ1) is 9.22. The highest BCUT2D eigenvalue weighted by Gasteiger charge is 2.33. The maximum absolute atomic E-state index is 12.7. The molecule has 0 fully saturated rings. The molecule has 0 aliphatic heterocycles. The highest BCUT2D eigenvalue weighted by atomic mass is 19.4. The van der Waals surface area contributed by atoms with Crippen LogP contribution in [0.15, 0.2) is 6.07 Å². The average Bonchev–Trinajstić information content (AvgIpc) is 2.34. The van der Waals surface area contributed by atoms with Crippen LogP contribution in [0.3, 0.4) is 0 Å². The van der Waals surface area contributed by atoms with Crippen LogP contribution >= 0.6 is 0 Å². The number of rotatable bonds is 6. The third kappa shape index (κ3) is 5.20. The first-order valence-corrected chi connectivity index (χ1v) is 6.28. The lowest BCUT2D eigenvalue weighted by Crippen LogP contribution is -2.22. The molecule has 0 spiro atoms. The van der Waals surface area contributed by atoms with E-state index in [2.05, 4.69) is 20.6 Å². The molecule has 8 heteroatoms. The quantitative estimate of drug-likeness (QED) is 0.751. The van der Waals surface area contributed by atoms with Crippen LogP contribution in [0.4, 0.5) is 24.9 Å². The summed E-state index contributed by atoms with van der Waals surface area (Å²) in [4.78, 5) is 7.22. The number of hydrogen-bond donors (Lipinski definition) is 3. The molecule has 1 rings (SSSR count). The monoisotopic (exact) mass is 292 g/mol. The van der Waals surface area contributed by atoms with Crippen molar-refractivity contribution < 1.29 is 18.3 Å². The highest BCUT2D eigenvalue weighted by Crippen LogP contribution is 2.29. The van der Waals surface area contributed by atoms with Crippen LogP contribution in [0.5, 0.6) is 0 Å². The molecular weight excluding hydrogens is 273 g/mol. The summed E-state index contributed by atoms with van der Waals surface area (Å²) in [7, 11) is 1.44. The Labute approximate surface area is 115 Å². The van der Waals surface area contributed by atoms with Gasteiger partial charge in [-0.05, 0) is 12.3 Å². The molecule has 3 N–H and O–H groups in total. The lowest BCUT2D eigenvalue weighted by molar-refractivity contribution is -0.141.